The maximum absolute atomic E-state index is 4.40. The maximum Gasteiger partial charge on any atom is 0.0964 e. The predicted octanol–water partition coefficient (Wildman–Crippen LogP) is 3.09. The fourth-order valence-corrected chi connectivity index (χ4v) is 2.02. The Morgan fingerprint density at radius 3 is 3.00 bits per heavy atom. The Bertz CT molecular complexity index is 534. The Hall–Kier alpha value is -1.83. The molecule has 0 saturated carbocycles. The monoisotopic (exact) mass is 196 g/mol. The lowest BCUT2D eigenvalue weighted by Gasteiger charge is -2.15. The van der Waals surface area contributed by atoms with E-state index in [-0.39, 0.29) is 0 Å². The van der Waals surface area contributed by atoms with E-state index in [0.29, 0.717) is 6.04 Å². The molecule has 0 saturated heterocycles. The van der Waals surface area contributed by atoms with Crippen LogP contribution in [0.5, 0.6) is 0 Å². The van der Waals surface area contributed by atoms with Gasteiger partial charge in [0.25, 0.3) is 0 Å². The van der Waals surface area contributed by atoms with Crippen LogP contribution < -0.4 is 0 Å². The van der Waals surface area contributed by atoms with Crippen molar-refractivity contribution < 1.29 is 0 Å². The van der Waals surface area contributed by atoms with E-state index in [0.717, 1.165) is 11.9 Å². The summed E-state index contributed by atoms with van der Waals surface area (Å²) in [5.41, 5.74) is 2.28. The third kappa shape index (κ3) is 1.38. The van der Waals surface area contributed by atoms with E-state index in [1.807, 2.05) is 18.5 Å². The molecule has 2 aromatic rings. The molecule has 1 aliphatic carbocycles. The van der Waals surface area contributed by atoms with Gasteiger partial charge in [-0.1, -0.05) is 36.4 Å². The molecule has 74 valence electrons. The molecule has 2 nitrogen and oxygen atoms in total. The molecule has 0 spiro atoms. The summed E-state index contributed by atoms with van der Waals surface area (Å²) in [6, 6.07) is 8.67. The van der Waals surface area contributed by atoms with Gasteiger partial charge in [0.1, 0.15) is 0 Å². The van der Waals surface area contributed by atoms with Crippen molar-refractivity contribution in [3.8, 4) is 0 Å². The van der Waals surface area contributed by atoms with E-state index in [1.165, 1.54) is 5.52 Å². The van der Waals surface area contributed by atoms with Crippen LogP contribution in [0.2, 0.25) is 0 Å². The Kier molecular flexibility index (Phi) is 1.91. The van der Waals surface area contributed by atoms with Crippen molar-refractivity contribution >= 4 is 11.0 Å². The zero-order valence-corrected chi connectivity index (χ0v) is 8.38. The molecule has 1 atom stereocenters. The van der Waals surface area contributed by atoms with Gasteiger partial charge in [-0.2, -0.15) is 0 Å². The number of imidazole rings is 1. The minimum absolute atomic E-state index is 0.419. The van der Waals surface area contributed by atoms with Gasteiger partial charge in [0.15, 0.2) is 0 Å². The van der Waals surface area contributed by atoms with Gasteiger partial charge >= 0.3 is 0 Å². The zero-order valence-electron chi connectivity index (χ0n) is 8.38. The van der Waals surface area contributed by atoms with Gasteiger partial charge in [-0.05, 0) is 18.6 Å². The molecule has 3 rings (SSSR count). The fraction of sp³-hybridized carbons (Fsp3) is 0.154. The van der Waals surface area contributed by atoms with Crippen LogP contribution >= 0.6 is 0 Å². The van der Waals surface area contributed by atoms with Gasteiger partial charge in [-0.15, -0.1) is 0 Å². The number of benzene rings is 1. The van der Waals surface area contributed by atoms with Crippen LogP contribution in [0, 0.1) is 0 Å². The third-order valence-corrected chi connectivity index (χ3v) is 2.80. The van der Waals surface area contributed by atoms with Crippen LogP contribution in [0.25, 0.3) is 11.0 Å². The number of allylic oxidation sites excluding steroid dienone is 4. The van der Waals surface area contributed by atoms with Crippen molar-refractivity contribution in [2.75, 3.05) is 0 Å². The minimum atomic E-state index is 0.419. The number of hydrogen-bond donors (Lipinski definition) is 0. The van der Waals surface area contributed by atoms with Crippen molar-refractivity contribution in [2.24, 2.45) is 0 Å². The summed E-state index contributed by atoms with van der Waals surface area (Å²) in [5.74, 6) is 0. The van der Waals surface area contributed by atoms with Gasteiger partial charge in [0.05, 0.1) is 23.4 Å². The Morgan fingerprint density at radius 1 is 1.20 bits per heavy atom. The van der Waals surface area contributed by atoms with Gasteiger partial charge in [-0.25, -0.2) is 4.98 Å². The molecule has 1 aromatic heterocycles. The standard InChI is InChI=1S/C13H12N2/c1-2-6-11(7-3-1)15-10-14-12-8-4-5-9-13(12)15/h1-6,8-11H,7H2. The van der Waals surface area contributed by atoms with Crippen LogP contribution in [0.4, 0.5) is 0 Å². The Balaban J connectivity index is 2.11. The molecule has 1 unspecified atom stereocenters. The van der Waals surface area contributed by atoms with Crippen molar-refractivity contribution in [1.82, 2.24) is 9.55 Å². The second-order valence-electron chi connectivity index (χ2n) is 3.76. The third-order valence-electron chi connectivity index (χ3n) is 2.80. The summed E-state index contributed by atoms with van der Waals surface area (Å²) in [4.78, 5) is 4.40. The maximum atomic E-state index is 4.40. The van der Waals surface area contributed by atoms with E-state index >= 15 is 0 Å². The van der Waals surface area contributed by atoms with E-state index in [2.05, 4.69) is 46.0 Å². The average molecular weight is 196 g/mol. The molecule has 0 radical (unpaired) electrons. The van der Waals surface area contributed by atoms with E-state index in [1.54, 1.807) is 0 Å². The number of aromatic nitrogens is 2. The van der Waals surface area contributed by atoms with Gasteiger partial charge in [0.2, 0.25) is 0 Å². The lowest BCUT2D eigenvalue weighted by Crippen LogP contribution is -2.05. The summed E-state index contributed by atoms with van der Waals surface area (Å²) in [6.45, 7) is 0. The lowest BCUT2D eigenvalue weighted by atomic mass is 10.1. The highest BCUT2D eigenvalue weighted by Gasteiger charge is 2.10. The summed E-state index contributed by atoms with van der Waals surface area (Å²) in [7, 11) is 0. The van der Waals surface area contributed by atoms with Gasteiger partial charge < -0.3 is 4.57 Å². The normalized spacial score (nSPS) is 19.9. The Morgan fingerprint density at radius 2 is 2.13 bits per heavy atom. The molecule has 1 heterocycles. The highest BCUT2D eigenvalue weighted by molar-refractivity contribution is 5.75. The quantitative estimate of drug-likeness (QED) is 0.685. The second kappa shape index (κ2) is 3.39. The molecular formula is C13H12N2. The van der Waals surface area contributed by atoms with Crippen molar-refractivity contribution in [1.29, 1.82) is 0 Å². The van der Waals surface area contributed by atoms with Gasteiger partial charge in [-0.3, -0.25) is 0 Å². The number of para-hydroxylation sites is 2. The second-order valence-corrected chi connectivity index (χ2v) is 3.76. The number of rotatable bonds is 1. The summed E-state index contributed by atoms with van der Waals surface area (Å²) in [5, 5.41) is 0. The molecule has 0 N–H and O–H groups in total. The smallest absolute Gasteiger partial charge is 0.0964 e. The first-order valence-corrected chi connectivity index (χ1v) is 5.20. The molecular weight excluding hydrogens is 184 g/mol. The lowest BCUT2D eigenvalue weighted by molar-refractivity contribution is 0.624. The first-order valence-electron chi connectivity index (χ1n) is 5.20. The summed E-state index contributed by atoms with van der Waals surface area (Å²) in [6.07, 6.45) is 11.6. The van der Waals surface area contributed by atoms with E-state index in [9.17, 15) is 0 Å². The number of fused-ring (bicyclic) bond motifs is 1. The molecule has 1 aromatic carbocycles. The fourth-order valence-electron chi connectivity index (χ4n) is 2.02. The molecule has 0 amide bonds. The van der Waals surface area contributed by atoms with Crippen LogP contribution in [-0.2, 0) is 0 Å². The highest BCUT2D eigenvalue weighted by atomic mass is 15.1. The SMILES string of the molecule is C1=CCC(n2cnc3ccccc32)C=C1. The molecule has 1 aliphatic rings. The zero-order chi connectivity index (χ0) is 10.1. The van der Waals surface area contributed by atoms with E-state index < -0.39 is 0 Å². The molecule has 2 heteroatoms. The summed E-state index contributed by atoms with van der Waals surface area (Å²) < 4.78 is 2.23. The summed E-state index contributed by atoms with van der Waals surface area (Å²) >= 11 is 0. The minimum Gasteiger partial charge on any atom is -0.323 e. The predicted molar refractivity (Wildman–Crippen MR) is 61.7 cm³/mol. The number of hydrogen-bond acceptors (Lipinski definition) is 1. The molecule has 15 heavy (non-hydrogen) atoms. The first-order chi connectivity index (χ1) is 7.45. The highest BCUT2D eigenvalue weighted by Crippen LogP contribution is 2.23. The molecule has 0 aliphatic heterocycles. The van der Waals surface area contributed by atoms with Crippen molar-refractivity contribution in [3.05, 3.63) is 54.9 Å². The average Bonchev–Trinajstić information content (AvgIpc) is 2.74. The molecule has 0 bridgehead atoms. The topological polar surface area (TPSA) is 17.8 Å². The van der Waals surface area contributed by atoms with Crippen LogP contribution in [-0.4, -0.2) is 9.55 Å². The van der Waals surface area contributed by atoms with Crippen LogP contribution in [0.3, 0.4) is 0 Å². The van der Waals surface area contributed by atoms with Gasteiger partial charge in [0, 0.05) is 0 Å². The first kappa shape index (κ1) is 8.48. The van der Waals surface area contributed by atoms with Crippen LogP contribution in [0.1, 0.15) is 12.5 Å². The van der Waals surface area contributed by atoms with Crippen molar-refractivity contribution in [2.45, 2.75) is 12.5 Å². The number of nitrogens with zero attached hydrogens (tertiary/aromatic N) is 2. The molecule has 0 fully saturated rings. The Labute approximate surface area is 88.6 Å². The van der Waals surface area contributed by atoms with Crippen molar-refractivity contribution in [3.63, 3.8) is 0 Å². The van der Waals surface area contributed by atoms with E-state index in [4.69, 9.17) is 0 Å². The van der Waals surface area contributed by atoms with Crippen LogP contribution in [0.15, 0.2) is 54.9 Å². The largest absolute Gasteiger partial charge is 0.323 e.